The molecule has 1 amide bonds. The molecule has 2 heterocycles. The van der Waals surface area contributed by atoms with Gasteiger partial charge in [0.25, 0.3) is 5.91 Å². The van der Waals surface area contributed by atoms with Crippen LogP contribution in [-0.2, 0) is 11.3 Å². The highest BCUT2D eigenvalue weighted by atomic mass is 16.7. The molecule has 5 nitrogen and oxygen atoms in total. The number of fused-ring (bicyclic) bond motifs is 2. The fourth-order valence-electron chi connectivity index (χ4n) is 3.36. The third-order valence-electron chi connectivity index (χ3n) is 4.81. The highest BCUT2D eigenvalue weighted by molar-refractivity contribution is 5.99. The molecule has 4 rings (SSSR count). The Kier molecular flexibility index (Phi) is 5.01. The first kappa shape index (κ1) is 17.5. The second kappa shape index (κ2) is 7.74. The topological polar surface area (TPSA) is 48.0 Å². The number of rotatable bonds is 6. The summed E-state index contributed by atoms with van der Waals surface area (Å²) >= 11 is 0. The van der Waals surface area contributed by atoms with Crippen molar-refractivity contribution >= 4 is 12.0 Å². The highest BCUT2D eigenvalue weighted by Gasteiger charge is 2.25. The summed E-state index contributed by atoms with van der Waals surface area (Å²) in [6.45, 7) is 3.83. The molecule has 0 saturated carbocycles. The van der Waals surface area contributed by atoms with Crippen molar-refractivity contribution < 1.29 is 19.0 Å². The van der Waals surface area contributed by atoms with Gasteiger partial charge >= 0.3 is 0 Å². The van der Waals surface area contributed by atoms with Crippen molar-refractivity contribution in [2.24, 2.45) is 0 Å². The number of unbranched alkanes of at least 4 members (excludes halogenated alkanes) is 1. The summed E-state index contributed by atoms with van der Waals surface area (Å²) in [6, 6.07) is 13.6. The van der Waals surface area contributed by atoms with Crippen molar-refractivity contribution in [3.8, 4) is 17.2 Å². The summed E-state index contributed by atoms with van der Waals surface area (Å²) < 4.78 is 16.8. The summed E-state index contributed by atoms with van der Waals surface area (Å²) in [5.74, 6) is 2.31. The Morgan fingerprint density at radius 3 is 2.78 bits per heavy atom. The van der Waals surface area contributed by atoms with Crippen molar-refractivity contribution in [1.29, 1.82) is 0 Å². The Morgan fingerprint density at radius 1 is 1.04 bits per heavy atom. The number of carbonyl (C=O) groups is 1. The minimum absolute atomic E-state index is 0.00877. The fourth-order valence-corrected chi connectivity index (χ4v) is 3.36. The summed E-state index contributed by atoms with van der Waals surface area (Å²) in [5.41, 5.74) is 2.58. The van der Waals surface area contributed by atoms with Gasteiger partial charge in [0.05, 0.1) is 5.57 Å². The van der Waals surface area contributed by atoms with Gasteiger partial charge in [0, 0.05) is 24.2 Å². The average Bonchev–Trinajstić information content (AvgIpc) is 3.20. The van der Waals surface area contributed by atoms with E-state index >= 15 is 0 Å². The van der Waals surface area contributed by atoms with E-state index in [0.717, 1.165) is 41.2 Å². The molecule has 5 heteroatoms. The lowest BCUT2D eigenvalue weighted by Gasteiger charge is -2.26. The molecule has 0 radical (unpaired) electrons. The number of carbonyl (C=O) groups excluding carboxylic acids is 1. The molecule has 0 atom stereocenters. The fraction of sp³-hybridized carbons (Fsp3) is 0.318. The largest absolute Gasteiger partial charge is 0.488 e. The van der Waals surface area contributed by atoms with Gasteiger partial charge in [-0.2, -0.15) is 0 Å². The van der Waals surface area contributed by atoms with E-state index in [1.807, 2.05) is 53.4 Å². The molecule has 0 spiro atoms. The zero-order chi connectivity index (χ0) is 18.6. The van der Waals surface area contributed by atoms with Crippen molar-refractivity contribution in [2.45, 2.75) is 26.3 Å². The monoisotopic (exact) mass is 365 g/mol. The van der Waals surface area contributed by atoms with Crippen LogP contribution in [0, 0.1) is 0 Å². The standard InChI is InChI=1S/C22H23NO4/c1-2-3-11-23(13-17-8-6-10-20-21(17)27-15-26-20)22(24)18-12-16-7-4-5-9-19(16)25-14-18/h4-10,12H,2-3,11,13-15H2,1H3. The maximum absolute atomic E-state index is 13.2. The Morgan fingerprint density at radius 2 is 1.89 bits per heavy atom. The van der Waals surface area contributed by atoms with Crippen LogP contribution in [-0.4, -0.2) is 30.8 Å². The maximum Gasteiger partial charge on any atom is 0.253 e. The lowest BCUT2D eigenvalue weighted by atomic mass is 10.1. The second-order valence-corrected chi connectivity index (χ2v) is 6.73. The Labute approximate surface area is 159 Å². The van der Waals surface area contributed by atoms with Crippen LogP contribution in [0.25, 0.3) is 6.08 Å². The van der Waals surface area contributed by atoms with Gasteiger partial charge in [-0.1, -0.05) is 43.7 Å². The molecule has 0 fully saturated rings. The number of benzene rings is 2. The molecule has 0 aromatic heterocycles. The normalized spacial score (nSPS) is 14.2. The molecule has 0 bridgehead atoms. The van der Waals surface area contributed by atoms with E-state index in [1.54, 1.807) is 0 Å². The second-order valence-electron chi connectivity index (χ2n) is 6.73. The van der Waals surface area contributed by atoms with Crippen LogP contribution in [0.2, 0.25) is 0 Å². The lowest BCUT2D eigenvalue weighted by molar-refractivity contribution is -0.128. The number of hydrogen-bond acceptors (Lipinski definition) is 4. The Bertz CT molecular complexity index is 874. The summed E-state index contributed by atoms with van der Waals surface area (Å²) in [5, 5.41) is 0. The molecule has 27 heavy (non-hydrogen) atoms. The number of nitrogens with zero attached hydrogens (tertiary/aromatic N) is 1. The smallest absolute Gasteiger partial charge is 0.253 e. The van der Waals surface area contributed by atoms with Gasteiger partial charge in [-0.05, 0) is 24.6 Å². The first-order valence-electron chi connectivity index (χ1n) is 9.35. The Hall–Kier alpha value is -2.95. The zero-order valence-corrected chi connectivity index (χ0v) is 15.4. The van der Waals surface area contributed by atoms with E-state index < -0.39 is 0 Å². The molecule has 140 valence electrons. The van der Waals surface area contributed by atoms with Crippen molar-refractivity contribution in [1.82, 2.24) is 4.90 Å². The van der Waals surface area contributed by atoms with E-state index in [9.17, 15) is 4.79 Å². The van der Waals surface area contributed by atoms with Gasteiger partial charge in [-0.3, -0.25) is 4.79 Å². The summed E-state index contributed by atoms with van der Waals surface area (Å²) in [7, 11) is 0. The van der Waals surface area contributed by atoms with Crippen molar-refractivity contribution in [2.75, 3.05) is 19.9 Å². The van der Waals surface area contributed by atoms with E-state index in [-0.39, 0.29) is 12.7 Å². The lowest BCUT2D eigenvalue weighted by Crippen LogP contribution is -2.34. The van der Waals surface area contributed by atoms with Crippen LogP contribution in [0.4, 0.5) is 0 Å². The van der Waals surface area contributed by atoms with Crippen LogP contribution < -0.4 is 14.2 Å². The molecule has 0 aliphatic carbocycles. The summed E-state index contributed by atoms with van der Waals surface area (Å²) in [6.07, 6.45) is 3.91. The van der Waals surface area contributed by atoms with Crippen LogP contribution in [0.15, 0.2) is 48.0 Å². The predicted molar refractivity (Wildman–Crippen MR) is 103 cm³/mol. The van der Waals surface area contributed by atoms with Gasteiger partial charge in [0.2, 0.25) is 6.79 Å². The van der Waals surface area contributed by atoms with Crippen LogP contribution in [0.5, 0.6) is 17.2 Å². The summed E-state index contributed by atoms with van der Waals surface area (Å²) in [4.78, 5) is 15.1. The minimum atomic E-state index is 0.00877. The van der Waals surface area contributed by atoms with Crippen molar-refractivity contribution in [3.05, 3.63) is 59.2 Å². The quantitative estimate of drug-likeness (QED) is 0.776. The number of hydrogen-bond donors (Lipinski definition) is 0. The molecule has 2 aliphatic heterocycles. The molecule has 2 aliphatic rings. The number of ether oxygens (including phenoxy) is 3. The SMILES string of the molecule is CCCCN(Cc1cccc2c1OCO2)C(=O)C1=Cc2ccccc2OC1. The zero-order valence-electron chi connectivity index (χ0n) is 15.4. The van der Waals surface area contributed by atoms with Gasteiger partial charge < -0.3 is 19.1 Å². The maximum atomic E-state index is 13.2. The van der Waals surface area contributed by atoms with E-state index in [1.165, 1.54) is 0 Å². The first-order valence-corrected chi connectivity index (χ1v) is 9.35. The average molecular weight is 365 g/mol. The first-order chi connectivity index (χ1) is 13.3. The van der Waals surface area contributed by atoms with E-state index in [4.69, 9.17) is 14.2 Å². The van der Waals surface area contributed by atoms with Crippen molar-refractivity contribution in [3.63, 3.8) is 0 Å². The van der Waals surface area contributed by atoms with Crippen LogP contribution >= 0.6 is 0 Å². The molecule has 2 aromatic rings. The van der Waals surface area contributed by atoms with E-state index in [0.29, 0.717) is 25.3 Å². The third-order valence-corrected chi connectivity index (χ3v) is 4.81. The van der Waals surface area contributed by atoms with Gasteiger partial charge in [-0.25, -0.2) is 0 Å². The predicted octanol–water partition coefficient (Wildman–Crippen LogP) is 4.02. The van der Waals surface area contributed by atoms with Gasteiger partial charge in [0.15, 0.2) is 11.5 Å². The molecule has 0 N–H and O–H groups in total. The third kappa shape index (κ3) is 3.63. The van der Waals surface area contributed by atoms with Gasteiger partial charge in [0.1, 0.15) is 12.4 Å². The molecule has 2 aromatic carbocycles. The minimum Gasteiger partial charge on any atom is -0.488 e. The molecular formula is C22H23NO4. The number of para-hydroxylation sites is 2. The van der Waals surface area contributed by atoms with Crippen LogP contribution in [0.1, 0.15) is 30.9 Å². The van der Waals surface area contributed by atoms with Gasteiger partial charge in [-0.15, -0.1) is 0 Å². The van der Waals surface area contributed by atoms with E-state index in [2.05, 4.69) is 6.92 Å². The van der Waals surface area contributed by atoms with Crippen LogP contribution in [0.3, 0.4) is 0 Å². The Balaban J connectivity index is 1.58. The molecular weight excluding hydrogens is 342 g/mol. The number of amides is 1. The molecule has 0 saturated heterocycles. The molecule has 0 unspecified atom stereocenters. The highest BCUT2D eigenvalue weighted by Crippen LogP contribution is 2.36.